The lowest BCUT2D eigenvalue weighted by Gasteiger charge is -2.44. The van der Waals surface area contributed by atoms with E-state index in [1.54, 1.807) is 0 Å². The van der Waals surface area contributed by atoms with Crippen LogP contribution >= 0.6 is 0 Å². The molecule has 334 valence electrons. The normalized spacial score (nSPS) is 14.2. The summed E-state index contributed by atoms with van der Waals surface area (Å²) in [5.74, 6) is 2.37. The highest BCUT2D eigenvalue weighted by Crippen LogP contribution is 2.54. The Bertz CT molecular complexity index is 3930. The van der Waals surface area contributed by atoms with Crippen LogP contribution in [0.5, 0.6) is 11.5 Å². The number of rotatable bonds is 4. The van der Waals surface area contributed by atoms with Crippen molar-refractivity contribution in [3.8, 4) is 62.1 Å². The Morgan fingerprint density at radius 3 is 1.84 bits per heavy atom. The van der Waals surface area contributed by atoms with Crippen molar-refractivity contribution in [2.24, 2.45) is 0 Å². The summed E-state index contributed by atoms with van der Waals surface area (Å²) in [6, 6.07) is 66.2. The maximum absolute atomic E-state index is 6.82. The Kier molecular flexibility index (Phi) is 8.80. The van der Waals surface area contributed by atoms with Gasteiger partial charge in [0.2, 0.25) is 0 Å². The predicted octanol–water partition coefficient (Wildman–Crippen LogP) is 15.6. The first-order valence-electron chi connectivity index (χ1n) is 24.1. The number of hydrogen-bond acceptors (Lipinski definition) is 2. The molecule has 0 bridgehead atoms. The van der Waals surface area contributed by atoms with Crippen LogP contribution in [0.25, 0.3) is 83.4 Å². The van der Waals surface area contributed by atoms with E-state index >= 15 is 0 Å². The maximum atomic E-state index is 6.82. The number of aromatic nitrogens is 4. The Hall–Kier alpha value is -8.02. The summed E-state index contributed by atoms with van der Waals surface area (Å²) < 4.78 is 13.6. The largest absolute Gasteiger partial charge is 0.458 e. The molecule has 0 atom stereocenters. The van der Waals surface area contributed by atoms with Gasteiger partial charge >= 0.3 is 0 Å². The molecule has 0 unspecified atom stereocenters. The lowest BCUT2D eigenvalue weighted by Crippen LogP contribution is -2.36. The third-order valence-corrected chi connectivity index (χ3v) is 15.2. The van der Waals surface area contributed by atoms with Crippen LogP contribution in [0.4, 0.5) is 0 Å². The SMILES string of the molecule is CC(C)(C)c1ccnc(-n2c3ccccc3c3ccc(Oc4cccc(-n5[c-][n+]6c7c(cccc75)-c5ccccc5-c5cc7c(cc5-c5ccccc5-6)C(C)(C)c5ccccc5C7(C)C)c4)cc32)c1. The first-order chi connectivity index (χ1) is 33.4. The third kappa shape index (κ3) is 6.16. The highest BCUT2D eigenvalue weighted by Gasteiger charge is 2.42. The van der Waals surface area contributed by atoms with Crippen LogP contribution in [0.3, 0.4) is 0 Å². The van der Waals surface area contributed by atoms with Gasteiger partial charge in [0.1, 0.15) is 17.3 Å². The molecule has 0 saturated carbocycles. The van der Waals surface area contributed by atoms with Crippen molar-refractivity contribution < 1.29 is 9.30 Å². The van der Waals surface area contributed by atoms with Gasteiger partial charge in [0.05, 0.1) is 33.4 Å². The van der Waals surface area contributed by atoms with Gasteiger partial charge in [-0.1, -0.05) is 158 Å². The molecule has 0 radical (unpaired) electrons. The summed E-state index contributed by atoms with van der Waals surface area (Å²) >= 11 is 0. The van der Waals surface area contributed by atoms with E-state index in [1.807, 2.05) is 12.3 Å². The number of pyridine rings is 1. The molecule has 1 aliphatic heterocycles. The van der Waals surface area contributed by atoms with Gasteiger partial charge < -0.3 is 4.74 Å². The monoisotopic (exact) mass is 892 g/mol. The average Bonchev–Trinajstić information content (AvgIpc) is 3.92. The second-order valence-electron chi connectivity index (χ2n) is 21.0. The molecule has 4 heterocycles. The number of benzene rings is 8. The molecular weight excluding hydrogens is 841 g/mol. The zero-order chi connectivity index (χ0) is 47.0. The molecule has 2 aliphatic rings. The molecule has 1 aliphatic carbocycles. The molecule has 0 spiro atoms. The van der Waals surface area contributed by atoms with Crippen molar-refractivity contribution in [2.75, 3.05) is 0 Å². The van der Waals surface area contributed by atoms with Crippen molar-refractivity contribution in [1.29, 1.82) is 0 Å². The maximum Gasteiger partial charge on any atom is 0.269 e. The standard InChI is InChI=1S/C64H52N4O/c1-62(2,3)40-32-33-65-60(34-40)68-57-28-15-11-22-46(57)48-31-30-43(36-59(48)68)69-42-19-16-18-41(35-42)66-39-67-56-27-14-10-23-47(56)51-38-55-54(63(4,5)52-25-12-13-26-53(52)64(55,6)7)37-50(51)45-21-9-8-20-44(45)49-24-17-29-58(66)61(49)67/h8-38H,1-7H3. The number of para-hydroxylation sites is 3. The van der Waals surface area contributed by atoms with Crippen LogP contribution in [0.1, 0.15) is 76.3 Å². The molecule has 5 heteroatoms. The molecular formula is C64H52N4O. The highest BCUT2D eigenvalue weighted by molar-refractivity contribution is 6.09. The van der Waals surface area contributed by atoms with Gasteiger partial charge in [-0.3, -0.25) is 13.7 Å². The van der Waals surface area contributed by atoms with E-state index in [9.17, 15) is 0 Å². The van der Waals surface area contributed by atoms with Crippen LogP contribution < -0.4 is 9.30 Å². The van der Waals surface area contributed by atoms with E-state index in [-0.39, 0.29) is 16.2 Å². The van der Waals surface area contributed by atoms with Crippen LogP contribution in [0.2, 0.25) is 0 Å². The van der Waals surface area contributed by atoms with Gasteiger partial charge in [0.25, 0.3) is 6.33 Å². The minimum absolute atomic E-state index is 0.0173. The molecule has 0 amide bonds. The summed E-state index contributed by atoms with van der Waals surface area (Å²) in [5.41, 5.74) is 19.9. The van der Waals surface area contributed by atoms with E-state index in [0.29, 0.717) is 0 Å². The molecule has 3 aromatic heterocycles. The van der Waals surface area contributed by atoms with Gasteiger partial charge in [0, 0.05) is 33.9 Å². The van der Waals surface area contributed by atoms with Gasteiger partial charge in [-0.2, -0.15) is 0 Å². The van der Waals surface area contributed by atoms with Crippen molar-refractivity contribution >= 4 is 32.8 Å². The minimum atomic E-state index is -0.200. The zero-order valence-corrected chi connectivity index (χ0v) is 40.1. The molecule has 69 heavy (non-hydrogen) atoms. The van der Waals surface area contributed by atoms with Crippen molar-refractivity contribution in [1.82, 2.24) is 14.1 Å². The van der Waals surface area contributed by atoms with E-state index in [2.05, 4.69) is 244 Å². The van der Waals surface area contributed by atoms with Crippen LogP contribution in [0.15, 0.2) is 188 Å². The zero-order valence-electron chi connectivity index (χ0n) is 40.1. The summed E-state index contributed by atoms with van der Waals surface area (Å²) in [4.78, 5) is 4.90. The fraction of sp³-hybridized carbons (Fsp3) is 0.156. The van der Waals surface area contributed by atoms with E-state index < -0.39 is 0 Å². The lowest BCUT2D eigenvalue weighted by molar-refractivity contribution is -0.571. The highest BCUT2D eigenvalue weighted by atomic mass is 16.5. The summed E-state index contributed by atoms with van der Waals surface area (Å²) in [6.45, 7) is 16.3. The van der Waals surface area contributed by atoms with Crippen molar-refractivity contribution in [2.45, 2.75) is 64.7 Å². The Balaban J connectivity index is 0.965. The predicted molar refractivity (Wildman–Crippen MR) is 282 cm³/mol. The number of fused-ring (bicyclic) bond motifs is 12. The minimum Gasteiger partial charge on any atom is -0.458 e. The van der Waals surface area contributed by atoms with Crippen molar-refractivity contribution in [3.63, 3.8) is 0 Å². The fourth-order valence-electron chi connectivity index (χ4n) is 11.6. The summed E-state index contributed by atoms with van der Waals surface area (Å²) in [7, 11) is 0. The van der Waals surface area contributed by atoms with Crippen LogP contribution in [0, 0.1) is 6.33 Å². The Labute approximate surface area is 403 Å². The third-order valence-electron chi connectivity index (χ3n) is 15.2. The van der Waals surface area contributed by atoms with Gasteiger partial charge in [-0.25, -0.2) is 4.98 Å². The Morgan fingerprint density at radius 1 is 0.493 bits per heavy atom. The molecule has 0 fully saturated rings. The number of imidazole rings is 1. The van der Waals surface area contributed by atoms with E-state index in [1.165, 1.54) is 61.0 Å². The molecule has 11 aromatic rings. The van der Waals surface area contributed by atoms with Gasteiger partial charge in [-0.05, 0) is 133 Å². The quantitative estimate of drug-likeness (QED) is 0.130. The van der Waals surface area contributed by atoms with Crippen LogP contribution in [-0.2, 0) is 16.2 Å². The smallest absolute Gasteiger partial charge is 0.269 e. The Morgan fingerprint density at radius 2 is 1.09 bits per heavy atom. The first kappa shape index (κ1) is 41.2. The molecule has 13 rings (SSSR count). The fourth-order valence-corrected chi connectivity index (χ4v) is 11.6. The topological polar surface area (TPSA) is 35.9 Å². The number of nitrogens with zero attached hydrogens (tertiary/aromatic N) is 4. The van der Waals surface area contributed by atoms with E-state index in [4.69, 9.17) is 9.72 Å². The lowest BCUT2D eigenvalue weighted by atomic mass is 9.59. The summed E-state index contributed by atoms with van der Waals surface area (Å²) in [6.07, 6.45) is 5.83. The van der Waals surface area contributed by atoms with Crippen molar-refractivity contribution in [3.05, 3.63) is 222 Å². The van der Waals surface area contributed by atoms with Crippen LogP contribution in [-0.4, -0.2) is 14.1 Å². The second kappa shape index (κ2) is 14.7. The molecule has 0 saturated heterocycles. The van der Waals surface area contributed by atoms with E-state index in [0.717, 1.165) is 61.7 Å². The van der Waals surface area contributed by atoms with Gasteiger partial charge in [0.15, 0.2) is 0 Å². The van der Waals surface area contributed by atoms with Gasteiger partial charge in [-0.15, -0.1) is 0 Å². The number of hydrogen-bond donors (Lipinski definition) is 0. The molecule has 5 nitrogen and oxygen atoms in total. The molecule has 0 N–H and O–H groups in total. The molecule has 8 aromatic carbocycles. The summed E-state index contributed by atoms with van der Waals surface area (Å²) in [5, 5.41) is 2.33. The number of ether oxygens (including phenoxy) is 1. The first-order valence-corrected chi connectivity index (χ1v) is 24.1. The second-order valence-corrected chi connectivity index (χ2v) is 21.0. The average molecular weight is 893 g/mol.